The molecule has 1 fully saturated rings. The van der Waals surface area contributed by atoms with Gasteiger partial charge in [0.15, 0.2) is 0 Å². The van der Waals surface area contributed by atoms with Crippen molar-refractivity contribution in [3.05, 3.63) is 70.2 Å². The molecule has 1 aliphatic heterocycles. The van der Waals surface area contributed by atoms with E-state index >= 15 is 0 Å². The van der Waals surface area contributed by atoms with Gasteiger partial charge in [-0.25, -0.2) is 4.79 Å². The molecule has 0 aliphatic carbocycles. The Morgan fingerprint density at radius 1 is 1.07 bits per heavy atom. The summed E-state index contributed by atoms with van der Waals surface area (Å²) in [6.07, 6.45) is 1.99. The van der Waals surface area contributed by atoms with Crippen LogP contribution in [0, 0.1) is 0 Å². The van der Waals surface area contributed by atoms with E-state index < -0.39 is 23.4 Å². The summed E-state index contributed by atoms with van der Waals surface area (Å²) in [7, 11) is 0. The fraction of sp³-hybridized carbons (Fsp3) is 0.318. The van der Waals surface area contributed by atoms with E-state index in [2.05, 4.69) is 17.6 Å². The maximum Gasteiger partial charge on any atom is 0.325 e. The summed E-state index contributed by atoms with van der Waals surface area (Å²) < 4.78 is 0. The minimum atomic E-state index is -1.18. The third-order valence-electron chi connectivity index (χ3n) is 5.05. The van der Waals surface area contributed by atoms with Gasteiger partial charge in [0.2, 0.25) is 5.91 Å². The summed E-state index contributed by atoms with van der Waals surface area (Å²) in [5, 5.41) is 6.06. The van der Waals surface area contributed by atoms with Crippen LogP contribution >= 0.6 is 11.6 Å². The molecule has 0 unspecified atom stereocenters. The molecule has 2 aromatic rings. The molecule has 2 N–H and O–H groups in total. The lowest BCUT2D eigenvalue weighted by atomic mass is 9.91. The Morgan fingerprint density at radius 2 is 1.69 bits per heavy atom. The first-order valence-electron chi connectivity index (χ1n) is 9.58. The molecule has 0 aromatic heterocycles. The normalized spacial score (nSPS) is 18.7. The third kappa shape index (κ3) is 4.59. The first-order valence-corrected chi connectivity index (χ1v) is 9.96. The minimum absolute atomic E-state index is 0.288. The van der Waals surface area contributed by atoms with Crippen molar-refractivity contribution in [2.45, 2.75) is 38.8 Å². The number of nitrogens with one attached hydrogen (secondary N) is 2. The number of amides is 4. The summed E-state index contributed by atoms with van der Waals surface area (Å²) in [6.45, 7) is 3.72. The Morgan fingerprint density at radius 3 is 2.31 bits per heavy atom. The average molecular weight is 414 g/mol. The molecule has 152 valence electrons. The SMILES string of the molecule is CCCc1ccc([C@@]2(C)NC(=O)N(CC(=O)NCc3ccc(Cl)cc3)C2=O)cc1. The predicted molar refractivity (Wildman–Crippen MR) is 111 cm³/mol. The molecule has 1 saturated heterocycles. The maximum atomic E-state index is 12.9. The van der Waals surface area contributed by atoms with Gasteiger partial charge < -0.3 is 10.6 Å². The summed E-state index contributed by atoms with van der Waals surface area (Å²) in [4.78, 5) is 38.6. The molecule has 1 aliphatic rings. The number of nitrogens with zero attached hydrogens (tertiary/aromatic N) is 1. The lowest BCUT2D eigenvalue weighted by Crippen LogP contribution is -2.43. The van der Waals surface area contributed by atoms with Gasteiger partial charge in [0.05, 0.1) is 0 Å². The molecule has 6 nitrogen and oxygen atoms in total. The van der Waals surface area contributed by atoms with Crippen LogP contribution in [0.4, 0.5) is 4.79 Å². The van der Waals surface area contributed by atoms with Crippen LogP contribution in [0.15, 0.2) is 48.5 Å². The summed E-state index contributed by atoms with van der Waals surface area (Å²) >= 11 is 5.85. The zero-order valence-corrected chi connectivity index (χ0v) is 17.3. The zero-order valence-electron chi connectivity index (χ0n) is 16.5. The topological polar surface area (TPSA) is 78.5 Å². The van der Waals surface area contributed by atoms with Crippen molar-refractivity contribution < 1.29 is 14.4 Å². The van der Waals surface area contributed by atoms with Crippen molar-refractivity contribution in [3.8, 4) is 0 Å². The number of benzene rings is 2. The van der Waals surface area contributed by atoms with E-state index in [1.165, 1.54) is 5.56 Å². The molecule has 3 rings (SSSR count). The zero-order chi connectivity index (χ0) is 21.0. The Kier molecular flexibility index (Phi) is 6.23. The molecule has 4 amide bonds. The summed E-state index contributed by atoms with van der Waals surface area (Å²) in [6, 6.07) is 14.1. The highest BCUT2D eigenvalue weighted by Crippen LogP contribution is 2.29. The molecule has 0 radical (unpaired) electrons. The summed E-state index contributed by atoms with van der Waals surface area (Å²) in [5.41, 5.74) is 1.56. The Hall–Kier alpha value is -2.86. The van der Waals surface area contributed by atoms with Gasteiger partial charge in [-0.15, -0.1) is 0 Å². The number of halogens is 1. The van der Waals surface area contributed by atoms with E-state index in [9.17, 15) is 14.4 Å². The van der Waals surface area contributed by atoms with E-state index in [0.29, 0.717) is 10.6 Å². The number of carbonyl (C=O) groups excluding carboxylic acids is 3. The van der Waals surface area contributed by atoms with Gasteiger partial charge in [-0.1, -0.05) is 61.3 Å². The van der Waals surface area contributed by atoms with E-state index in [1.54, 1.807) is 31.2 Å². The van der Waals surface area contributed by atoms with E-state index in [4.69, 9.17) is 11.6 Å². The van der Waals surface area contributed by atoms with Crippen LogP contribution in [0.25, 0.3) is 0 Å². The second-order valence-corrected chi connectivity index (χ2v) is 7.73. The quantitative estimate of drug-likeness (QED) is 0.683. The summed E-state index contributed by atoms with van der Waals surface area (Å²) in [5.74, 6) is -0.849. The largest absolute Gasteiger partial charge is 0.350 e. The molecule has 7 heteroatoms. The highest BCUT2D eigenvalue weighted by molar-refractivity contribution is 6.30. The third-order valence-corrected chi connectivity index (χ3v) is 5.30. The number of hydrogen-bond donors (Lipinski definition) is 2. The van der Waals surface area contributed by atoms with E-state index in [1.807, 2.05) is 24.3 Å². The van der Waals surface area contributed by atoms with Crippen LogP contribution in [0.5, 0.6) is 0 Å². The minimum Gasteiger partial charge on any atom is -0.350 e. The highest BCUT2D eigenvalue weighted by Gasteiger charge is 2.49. The van der Waals surface area contributed by atoms with E-state index in [-0.39, 0.29) is 13.1 Å². The van der Waals surface area contributed by atoms with Crippen molar-refractivity contribution in [2.75, 3.05) is 6.54 Å². The van der Waals surface area contributed by atoms with Gasteiger partial charge in [0.1, 0.15) is 12.1 Å². The van der Waals surface area contributed by atoms with E-state index in [0.717, 1.165) is 23.3 Å². The lowest BCUT2D eigenvalue weighted by molar-refractivity contribution is -0.134. The average Bonchev–Trinajstić information content (AvgIpc) is 2.92. The Balaban J connectivity index is 1.64. The van der Waals surface area contributed by atoms with Gasteiger partial charge in [-0.3, -0.25) is 14.5 Å². The monoisotopic (exact) mass is 413 g/mol. The molecule has 2 aromatic carbocycles. The Labute approximate surface area is 175 Å². The van der Waals surface area contributed by atoms with Gasteiger partial charge in [0.25, 0.3) is 5.91 Å². The molecule has 29 heavy (non-hydrogen) atoms. The van der Waals surface area contributed by atoms with Crippen LogP contribution < -0.4 is 10.6 Å². The molecule has 1 heterocycles. The van der Waals surface area contributed by atoms with Crippen molar-refractivity contribution in [1.82, 2.24) is 15.5 Å². The second kappa shape index (κ2) is 8.66. The van der Waals surface area contributed by atoms with Crippen LogP contribution in [0.1, 0.15) is 37.0 Å². The number of aryl methyl sites for hydroxylation is 1. The fourth-order valence-electron chi connectivity index (χ4n) is 3.33. The van der Waals surface area contributed by atoms with Gasteiger partial charge in [-0.2, -0.15) is 0 Å². The fourth-order valence-corrected chi connectivity index (χ4v) is 3.46. The number of hydrogen-bond acceptors (Lipinski definition) is 3. The maximum absolute atomic E-state index is 12.9. The predicted octanol–water partition coefficient (Wildman–Crippen LogP) is 3.38. The van der Waals surface area contributed by atoms with Crippen LogP contribution in [0.2, 0.25) is 5.02 Å². The molecule has 1 atom stereocenters. The second-order valence-electron chi connectivity index (χ2n) is 7.30. The lowest BCUT2D eigenvalue weighted by Gasteiger charge is -2.22. The number of imide groups is 1. The number of rotatable bonds is 7. The van der Waals surface area contributed by atoms with Crippen LogP contribution in [-0.4, -0.2) is 29.3 Å². The van der Waals surface area contributed by atoms with Crippen molar-refractivity contribution >= 4 is 29.4 Å². The van der Waals surface area contributed by atoms with Crippen molar-refractivity contribution in [1.29, 1.82) is 0 Å². The number of carbonyl (C=O) groups is 3. The van der Waals surface area contributed by atoms with Crippen LogP contribution in [-0.2, 0) is 28.1 Å². The van der Waals surface area contributed by atoms with Gasteiger partial charge >= 0.3 is 6.03 Å². The Bertz CT molecular complexity index is 912. The molecular weight excluding hydrogens is 390 g/mol. The number of urea groups is 1. The first kappa shape index (κ1) is 20.9. The van der Waals surface area contributed by atoms with Gasteiger partial charge in [0, 0.05) is 11.6 Å². The molecule has 0 saturated carbocycles. The van der Waals surface area contributed by atoms with Gasteiger partial charge in [-0.05, 0) is 42.2 Å². The molecule has 0 spiro atoms. The van der Waals surface area contributed by atoms with Crippen LogP contribution in [0.3, 0.4) is 0 Å². The first-order chi connectivity index (χ1) is 13.8. The molecule has 0 bridgehead atoms. The van der Waals surface area contributed by atoms with Crippen molar-refractivity contribution in [2.24, 2.45) is 0 Å². The standard InChI is InChI=1S/C22H24ClN3O3/c1-3-4-15-5-9-17(10-6-15)22(2)20(28)26(21(29)25-22)14-19(27)24-13-16-7-11-18(23)12-8-16/h5-12H,3-4,13-14H2,1-2H3,(H,24,27)(H,25,29)/t22-/m1/s1. The highest BCUT2D eigenvalue weighted by atomic mass is 35.5. The molecular formula is C22H24ClN3O3. The smallest absolute Gasteiger partial charge is 0.325 e. The van der Waals surface area contributed by atoms with Crippen molar-refractivity contribution in [3.63, 3.8) is 0 Å².